The second-order valence-corrected chi connectivity index (χ2v) is 6.08. The van der Waals surface area contributed by atoms with Gasteiger partial charge in [-0.05, 0) is 12.1 Å². The van der Waals surface area contributed by atoms with Crippen molar-refractivity contribution in [2.75, 3.05) is 12.3 Å². The van der Waals surface area contributed by atoms with E-state index in [4.69, 9.17) is 10.5 Å². The molecule has 1 saturated heterocycles. The normalized spacial score (nSPS) is 27.6. The van der Waals surface area contributed by atoms with Crippen LogP contribution in [-0.2, 0) is 19.9 Å². The Hall–Kier alpha value is -2.95. The van der Waals surface area contributed by atoms with Gasteiger partial charge < -0.3 is 25.4 Å². The van der Waals surface area contributed by atoms with Gasteiger partial charge in [0.1, 0.15) is 49.3 Å². The van der Waals surface area contributed by atoms with Crippen molar-refractivity contribution in [2.45, 2.75) is 36.5 Å². The molecule has 2 aromatic heterocycles. The van der Waals surface area contributed by atoms with E-state index < -0.39 is 49.1 Å². The van der Waals surface area contributed by atoms with E-state index in [-0.39, 0.29) is 11.5 Å². The average molecular weight is 401 g/mol. The third-order valence-electron chi connectivity index (χ3n) is 4.24. The molecular formula is C15H14F3N5O5. The molecule has 0 saturated carbocycles. The Labute approximate surface area is 154 Å². The van der Waals surface area contributed by atoms with Gasteiger partial charge in [-0.25, -0.2) is 9.50 Å². The number of esters is 1. The number of nitrogens with two attached hydrogens (primary N) is 1. The molecule has 1 aliphatic heterocycles. The van der Waals surface area contributed by atoms with E-state index in [1.807, 2.05) is 0 Å². The van der Waals surface area contributed by atoms with Crippen LogP contribution in [0.5, 0.6) is 0 Å². The van der Waals surface area contributed by atoms with Gasteiger partial charge in [-0.3, -0.25) is 4.79 Å². The minimum atomic E-state index is -4.76. The van der Waals surface area contributed by atoms with Gasteiger partial charge in [0.05, 0.1) is 5.69 Å². The summed E-state index contributed by atoms with van der Waals surface area (Å²) in [5, 5.41) is 34.2. The predicted molar refractivity (Wildman–Crippen MR) is 83.2 cm³/mol. The van der Waals surface area contributed by atoms with Crippen molar-refractivity contribution >= 4 is 17.3 Å². The molecule has 1 aliphatic rings. The molecule has 2 aromatic rings. The van der Waals surface area contributed by atoms with Gasteiger partial charge in [0.15, 0.2) is 5.82 Å². The van der Waals surface area contributed by atoms with E-state index in [0.717, 1.165) is 6.33 Å². The maximum atomic E-state index is 12.2. The first-order valence-corrected chi connectivity index (χ1v) is 7.85. The molecule has 1 fully saturated rings. The molecule has 3 rings (SSSR count). The van der Waals surface area contributed by atoms with Gasteiger partial charge >= 0.3 is 12.1 Å². The monoisotopic (exact) mass is 401 g/mol. The number of fused-ring (bicyclic) bond motifs is 1. The fourth-order valence-corrected chi connectivity index (χ4v) is 2.94. The van der Waals surface area contributed by atoms with Crippen LogP contribution in [-0.4, -0.2) is 61.9 Å². The molecule has 3 heterocycles. The second kappa shape index (κ2) is 6.89. The number of aliphatic hydroxyl groups excluding tert-OH is 2. The van der Waals surface area contributed by atoms with Crippen LogP contribution >= 0.6 is 0 Å². The van der Waals surface area contributed by atoms with Gasteiger partial charge in [-0.2, -0.15) is 23.5 Å². The lowest BCUT2D eigenvalue weighted by atomic mass is 9.92. The molecule has 0 spiro atoms. The van der Waals surface area contributed by atoms with Gasteiger partial charge in [-0.15, -0.1) is 0 Å². The first-order valence-electron chi connectivity index (χ1n) is 7.85. The van der Waals surface area contributed by atoms with Crippen LogP contribution in [0.15, 0.2) is 18.5 Å². The summed E-state index contributed by atoms with van der Waals surface area (Å²) >= 11 is 0. The smallest absolute Gasteiger partial charge is 0.399 e. The molecule has 0 aromatic carbocycles. The van der Waals surface area contributed by atoms with Crippen LogP contribution in [0.25, 0.3) is 5.52 Å². The number of carbonyl (C=O) groups is 1. The highest BCUT2D eigenvalue weighted by molar-refractivity contribution is 5.70. The van der Waals surface area contributed by atoms with Crippen LogP contribution < -0.4 is 5.73 Å². The number of aromatic nitrogens is 3. The molecule has 0 aliphatic carbocycles. The number of nitrogens with zero attached hydrogens (tertiary/aromatic N) is 4. The molecule has 10 nitrogen and oxygen atoms in total. The zero-order valence-electron chi connectivity index (χ0n) is 14.0. The van der Waals surface area contributed by atoms with Gasteiger partial charge in [0.2, 0.25) is 5.60 Å². The van der Waals surface area contributed by atoms with E-state index in [1.165, 1.54) is 16.6 Å². The lowest BCUT2D eigenvalue weighted by Crippen LogP contribution is -2.41. The van der Waals surface area contributed by atoms with Crippen LogP contribution in [0.3, 0.4) is 0 Å². The number of hydrogen-bond acceptors (Lipinski definition) is 9. The molecule has 0 amide bonds. The Kier molecular flexibility index (Phi) is 4.88. The Morgan fingerprint density at radius 2 is 2.18 bits per heavy atom. The molecule has 0 radical (unpaired) electrons. The van der Waals surface area contributed by atoms with E-state index >= 15 is 0 Å². The number of alkyl halides is 3. The van der Waals surface area contributed by atoms with Crippen LogP contribution in [0.2, 0.25) is 0 Å². The Morgan fingerprint density at radius 3 is 2.82 bits per heavy atom. The number of anilines is 1. The summed E-state index contributed by atoms with van der Waals surface area (Å²) in [4.78, 5) is 15.0. The predicted octanol–water partition coefficient (Wildman–Crippen LogP) is -0.353. The van der Waals surface area contributed by atoms with Crippen LogP contribution in [0.1, 0.15) is 12.1 Å². The van der Waals surface area contributed by atoms with E-state index in [0.29, 0.717) is 5.52 Å². The zero-order chi connectivity index (χ0) is 20.7. The summed E-state index contributed by atoms with van der Waals surface area (Å²) in [6.45, 7) is -0.795. The lowest BCUT2D eigenvalue weighted by molar-refractivity contribution is -0.175. The fourth-order valence-electron chi connectivity index (χ4n) is 2.94. The van der Waals surface area contributed by atoms with Gasteiger partial charge in [0.25, 0.3) is 0 Å². The van der Waals surface area contributed by atoms with Crippen molar-refractivity contribution in [3.63, 3.8) is 0 Å². The Morgan fingerprint density at radius 1 is 1.46 bits per heavy atom. The summed E-state index contributed by atoms with van der Waals surface area (Å²) in [6, 6.07) is 4.59. The van der Waals surface area contributed by atoms with E-state index in [9.17, 15) is 33.4 Å². The number of hydrogen-bond donors (Lipinski definition) is 3. The first-order chi connectivity index (χ1) is 13.1. The number of carbonyl (C=O) groups excluding carboxylic acids is 1. The SMILES string of the molecule is N#C[C@@]1(c2ccc3c(N)ncnn23)O[C@H](COC(=O)CC(F)(F)F)[C@@H](O)[C@H]1O. The van der Waals surface area contributed by atoms with Crippen molar-refractivity contribution in [3.05, 3.63) is 24.2 Å². The third kappa shape index (κ3) is 3.33. The van der Waals surface area contributed by atoms with Crippen molar-refractivity contribution < 1.29 is 37.7 Å². The summed E-state index contributed by atoms with van der Waals surface area (Å²) in [5.41, 5.74) is 3.90. The highest BCUT2D eigenvalue weighted by atomic mass is 19.4. The summed E-state index contributed by atoms with van der Waals surface area (Å²) < 4.78 is 47.7. The van der Waals surface area contributed by atoms with Crippen molar-refractivity contribution in [1.82, 2.24) is 14.6 Å². The molecule has 150 valence electrons. The summed E-state index contributed by atoms with van der Waals surface area (Å²) in [5.74, 6) is -1.50. The number of rotatable bonds is 4. The molecule has 28 heavy (non-hydrogen) atoms. The summed E-state index contributed by atoms with van der Waals surface area (Å²) in [7, 11) is 0. The average Bonchev–Trinajstić information content (AvgIpc) is 3.15. The third-order valence-corrected chi connectivity index (χ3v) is 4.24. The van der Waals surface area contributed by atoms with Crippen molar-refractivity contribution in [1.29, 1.82) is 5.26 Å². The maximum absolute atomic E-state index is 12.2. The molecule has 0 unspecified atom stereocenters. The fraction of sp³-hybridized carbons (Fsp3) is 0.467. The highest BCUT2D eigenvalue weighted by Crippen LogP contribution is 2.40. The Balaban J connectivity index is 1.86. The number of aliphatic hydroxyl groups is 2. The van der Waals surface area contributed by atoms with Gasteiger partial charge in [0, 0.05) is 0 Å². The molecule has 13 heteroatoms. The molecule has 4 N–H and O–H groups in total. The number of nitrogen functional groups attached to an aromatic ring is 1. The van der Waals surface area contributed by atoms with Crippen LogP contribution in [0.4, 0.5) is 19.0 Å². The van der Waals surface area contributed by atoms with Crippen molar-refractivity contribution in [2.24, 2.45) is 0 Å². The minimum absolute atomic E-state index is 0.00904. The summed E-state index contributed by atoms with van der Waals surface area (Å²) in [6.07, 6.45) is -10.4. The van der Waals surface area contributed by atoms with Gasteiger partial charge in [-0.1, -0.05) is 0 Å². The van der Waals surface area contributed by atoms with E-state index in [2.05, 4.69) is 14.8 Å². The number of nitriles is 1. The zero-order valence-corrected chi connectivity index (χ0v) is 14.0. The number of ether oxygens (including phenoxy) is 2. The first kappa shape index (κ1) is 19.8. The quantitative estimate of drug-likeness (QED) is 0.583. The highest BCUT2D eigenvalue weighted by Gasteiger charge is 2.57. The second-order valence-electron chi connectivity index (χ2n) is 6.08. The number of halogens is 3. The topological polar surface area (TPSA) is 156 Å². The molecule has 0 bridgehead atoms. The molecule has 4 atom stereocenters. The molecular weight excluding hydrogens is 387 g/mol. The van der Waals surface area contributed by atoms with E-state index in [1.54, 1.807) is 6.07 Å². The van der Waals surface area contributed by atoms with Crippen molar-refractivity contribution in [3.8, 4) is 6.07 Å². The standard InChI is InChI=1S/C15H14F3N5O5/c16-15(17,18)3-10(24)27-4-8-11(25)12(26)14(5-19,28-8)9-2-1-7-13(20)21-6-22-23(7)9/h1-2,6,8,11-12,25-26H,3-4H2,(H2,20,21,22)/t8-,11-,12-,14+/m1/s1. The largest absolute Gasteiger partial charge is 0.463 e. The van der Waals surface area contributed by atoms with Crippen LogP contribution in [0, 0.1) is 11.3 Å². The Bertz CT molecular complexity index is 942. The maximum Gasteiger partial charge on any atom is 0.399 e. The minimum Gasteiger partial charge on any atom is -0.463 e. The lowest BCUT2D eigenvalue weighted by Gasteiger charge is -2.24.